The second kappa shape index (κ2) is 11.1. The van der Waals surface area contributed by atoms with Gasteiger partial charge in [0.1, 0.15) is 10.6 Å². The predicted molar refractivity (Wildman–Crippen MR) is 133 cm³/mol. The Morgan fingerprint density at radius 2 is 2.12 bits per heavy atom. The highest BCUT2D eigenvalue weighted by Gasteiger charge is 2.23. The fourth-order valence-corrected chi connectivity index (χ4v) is 6.09. The standard InChI is InChI=1S/C24H30FN3O3S2/c1-16(2)12-27-8-11-31-19(13-27)14-33-24-26-22-21(23(29)28(24)9-10-30-3)20(15-32-22)17-4-6-18(25)7-5-17/h4-7,15-16,19H,8-14H2,1-3H3. The molecule has 0 amide bonds. The third-order valence-corrected chi connectivity index (χ3v) is 7.56. The van der Waals surface area contributed by atoms with Gasteiger partial charge in [-0.1, -0.05) is 37.7 Å². The van der Waals surface area contributed by atoms with Crippen molar-refractivity contribution in [2.75, 3.05) is 45.7 Å². The Morgan fingerprint density at radius 3 is 2.85 bits per heavy atom. The summed E-state index contributed by atoms with van der Waals surface area (Å²) in [6, 6.07) is 6.21. The minimum Gasteiger partial charge on any atom is -0.383 e. The van der Waals surface area contributed by atoms with Crippen LogP contribution in [0.1, 0.15) is 13.8 Å². The van der Waals surface area contributed by atoms with Crippen molar-refractivity contribution in [3.8, 4) is 11.1 Å². The van der Waals surface area contributed by atoms with E-state index in [2.05, 4.69) is 18.7 Å². The van der Waals surface area contributed by atoms with Gasteiger partial charge in [0.05, 0.1) is 31.2 Å². The molecular weight excluding hydrogens is 461 g/mol. The van der Waals surface area contributed by atoms with Gasteiger partial charge >= 0.3 is 0 Å². The van der Waals surface area contributed by atoms with Crippen molar-refractivity contribution in [1.82, 2.24) is 14.5 Å². The van der Waals surface area contributed by atoms with Crippen molar-refractivity contribution in [2.45, 2.75) is 31.7 Å². The van der Waals surface area contributed by atoms with E-state index in [1.807, 2.05) is 5.38 Å². The fourth-order valence-electron chi connectivity index (χ4n) is 4.07. The molecule has 1 unspecified atom stereocenters. The summed E-state index contributed by atoms with van der Waals surface area (Å²) in [4.78, 5) is 21.5. The fraction of sp³-hybridized carbons (Fsp3) is 0.500. The topological polar surface area (TPSA) is 56.6 Å². The summed E-state index contributed by atoms with van der Waals surface area (Å²) in [6.45, 7) is 8.94. The predicted octanol–water partition coefficient (Wildman–Crippen LogP) is 4.36. The van der Waals surface area contributed by atoms with Crippen molar-refractivity contribution in [2.24, 2.45) is 5.92 Å². The van der Waals surface area contributed by atoms with E-state index < -0.39 is 0 Å². The number of benzene rings is 1. The van der Waals surface area contributed by atoms with E-state index in [1.165, 1.54) is 23.5 Å². The molecule has 1 aromatic carbocycles. The summed E-state index contributed by atoms with van der Waals surface area (Å²) in [6.07, 6.45) is 0.101. The molecule has 0 radical (unpaired) electrons. The van der Waals surface area contributed by atoms with E-state index >= 15 is 0 Å². The van der Waals surface area contributed by atoms with Crippen molar-refractivity contribution in [3.63, 3.8) is 0 Å². The summed E-state index contributed by atoms with van der Waals surface area (Å²) < 4.78 is 26.3. The molecule has 178 valence electrons. The first-order valence-electron chi connectivity index (χ1n) is 11.2. The number of fused-ring (bicyclic) bond motifs is 1. The Labute approximate surface area is 201 Å². The first-order chi connectivity index (χ1) is 16.0. The molecule has 0 N–H and O–H groups in total. The van der Waals surface area contributed by atoms with Crippen LogP contribution in [0.15, 0.2) is 39.6 Å². The number of hydrogen-bond donors (Lipinski definition) is 0. The smallest absolute Gasteiger partial charge is 0.263 e. The minimum atomic E-state index is -0.301. The average Bonchev–Trinajstić information content (AvgIpc) is 3.22. The zero-order chi connectivity index (χ0) is 23.4. The molecule has 1 aliphatic heterocycles. The Hall–Kier alpha value is -1.78. The Morgan fingerprint density at radius 1 is 1.33 bits per heavy atom. The molecular formula is C24H30FN3O3S2. The zero-order valence-electron chi connectivity index (χ0n) is 19.3. The van der Waals surface area contributed by atoms with Crippen LogP contribution in [0.4, 0.5) is 4.39 Å². The number of aromatic nitrogens is 2. The Bertz CT molecular complexity index is 1130. The van der Waals surface area contributed by atoms with Gasteiger partial charge < -0.3 is 9.47 Å². The molecule has 33 heavy (non-hydrogen) atoms. The Balaban J connectivity index is 1.61. The van der Waals surface area contributed by atoms with Gasteiger partial charge in [0.2, 0.25) is 0 Å². The van der Waals surface area contributed by atoms with Gasteiger partial charge in [-0.05, 0) is 23.6 Å². The molecule has 2 aromatic heterocycles. The number of halogens is 1. The normalized spacial score (nSPS) is 17.3. The number of rotatable bonds is 9. The number of thioether (sulfide) groups is 1. The van der Waals surface area contributed by atoms with Crippen LogP contribution < -0.4 is 5.56 Å². The van der Waals surface area contributed by atoms with E-state index in [9.17, 15) is 9.18 Å². The molecule has 1 fully saturated rings. The highest BCUT2D eigenvalue weighted by Crippen LogP contribution is 2.32. The highest BCUT2D eigenvalue weighted by atomic mass is 32.2. The lowest BCUT2D eigenvalue weighted by molar-refractivity contribution is -0.0191. The van der Waals surface area contributed by atoms with Crippen molar-refractivity contribution < 1.29 is 13.9 Å². The molecule has 3 aromatic rings. The second-order valence-electron chi connectivity index (χ2n) is 8.64. The van der Waals surface area contributed by atoms with Crippen LogP contribution >= 0.6 is 23.1 Å². The number of nitrogens with zero attached hydrogens (tertiary/aromatic N) is 3. The maximum absolute atomic E-state index is 13.5. The van der Waals surface area contributed by atoms with E-state index in [-0.39, 0.29) is 17.5 Å². The van der Waals surface area contributed by atoms with Crippen LogP contribution in [0.5, 0.6) is 0 Å². The minimum absolute atomic E-state index is 0.0916. The molecule has 1 atom stereocenters. The number of thiophene rings is 1. The third kappa shape index (κ3) is 5.84. The van der Waals surface area contributed by atoms with Gasteiger partial charge in [0, 0.05) is 43.4 Å². The monoisotopic (exact) mass is 491 g/mol. The molecule has 0 saturated carbocycles. The highest BCUT2D eigenvalue weighted by molar-refractivity contribution is 7.99. The lowest BCUT2D eigenvalue weighted by Crippen LogP contribution is -2.44. The molecule has 3 heterocycles. The quantitative estimate of drug-likeness (QED) is 0.328. The van der Waals surface area contributed by atoms with Crippen LogP contribution in [0.25, 0.3) is 21.3 Å². The summed E-state index contributed by atoms with van der Waals surface area (Å²) in [5.74, 6) is 1.05. The number of methoxy groups -OCH3 is 1. The van der Waals surface area contributed by atoms with Crippen molar-refractivity contribution in [1.29, 1.82) is 0 Å². The SMILES string of the molecule is COCCn1c(SCC2CN(CC(C)C)CCO2)nc2scc(-c3ccc(F)cc3)c2c1=O. The Kier molecular flexibility index (Phi) is 8.19. The lowest BCUT2D eigenvalue weighted by Gasteiger charge is -2.33. The van der Waals surface area contributed by atoms with E-state index in [0.717, 1.165) is 43.1 Å². The summed E-state index contributed by atoms with van der Waals surface area (Å²) in [5.41, 5.74) is 1.50. The van der Waals surface area contributed by atoms with Crippen LogP contribution in [0, 0.1) is 11.7 Å². The molecule has 6 nitrogen and oxygen atoms in total. The van der Waals surface area contributed by atoms with E-state index in [4.69, 9.17) is 14.5 Å². The van der Waals surface area contributed by atoms with Crippen LogP contribution in [-0.4, -0.2) is 66.3 Å². The first-order valence-corrected chi connectivity index (χ1v) is 13.1. The maximum Gasteiger partial charge on any atom is 0.263 e. The van der Waals surface area contributed by atoms with E-state index in [1.54, 1.807) is 35.6 Å². The largest absolute Gasteiger partial charge is 0.383 e. The third-order valence-electron chi connectivity index (χ3n) is 5.58. The van der Waals surface area contributed by atoms with Gasteiger partial charge in [-0.25, -0.2) is 9.37 Å². The van der Waals surface area contributed by atoms with Crippen molar-refractivity contribution >= 4 is 33.3 Å². The molecule has 0 aliphatic carbocycles. The molecule has 1 saturated heterocycles. The second-order valence-corrected chi connectivity index (χ2v) is 10.5. The molecule has 9 heteroatoms. The van der Waals surface area contributed by atoms with Crippen LogP contribution in [0.3, 0.4) is 0 Å². The van der Waals surface area contributed by atoms with Gasteiger partial charge in [0.25, 0.3) is 5.56 Å². The van der Waals surface area contributed by atoms with Crippen molar-refractivity contribution in [3.05, 3.63) is 45.8 Å². The lowest BCUT2D eigenvalue weighted by atomic mass is 10.1. The molecule has 4 rings (SSSR count). The van der Waals surface area contributed by atoms with Gasteiger partial charge in [-0.2, -0.15) is 0 Å². The first kappa shape index (κ1) is 24.3. The summed E-state index contributed by atoms with van der Waals surface area (Å²) in [7, 11) is 1.62. The molecule has 1 aliphatic rings. The maximum atomic E-state index is 13.5. The summed E-state index contributed by atoms with van der Waals surface area (Å²) in [5, 5.41) is 3.18. The zero-order valence-corrected chi connectivity index (χ0v) is 20.9. The number of ether oxygens (including phenoxy) is 2. The van der Waals surface area contributed by atoms with Crippen LogP contribution in [-0.2, 0) is 16.0 Å². The molecule has 0 bridgehead atoms. The number of morpholine rings is 1. The van der Waals surface area contributed by atoms with Gasteiger partial charge in [-0.15, -0.1) is 11.3 Å². The van der Waals surface area contributed by atoms with Gasteiger partial charge in [0.15, 0.2) is 5.16 Å². The number of hydrogen-bond acceptors (Lipinski definition) is 7. The van der Waals surface area contributed by atoms with Gasteiger partial charge in [-0.3, -0.25) is 14.3 Å². The summed E-state index contributed by atoms with van der Waals surface area (Å²) >= 11 is 3.00. The molecule has 0 spiro atoms. The van der Waals surface area contributed by atoms with Crippen LogP contribution in [0.2, 0.25) is 0 Å². The average molecular weight is 492 g/mol. The van der Waals surface area contributed by atoms with E-state index in [0.29, 0.717) is 34.4 Å².